The predicted octanol–water partition coefficient (Wildman–Crippen LogP) is -0.0835. The van der Waals surface area contributed by atoms with Crippen LogP contribution in [-0.2, 0) is 33.2 Å². The lowest BCUT2D eigenvalue weighted by Gasteiger charge is -2.70. The topological polar surface area (TPSA) is 295 Å². The molecule has 5 aliphatic carbocycles. The molecule has 11 N–H and O–H groups in total. The van der Waals surface area contributed by atoms with Crippen molar-refractivity contribution in [1.29, 1.82) is 0 Å². The molecule has 66 heavy (non-hydrogen) atoms. The molecular weight excluding hydrogens is 865 g/mol. The quantitative estimate of drug-likeness (QED) is 0.0776. The van der Waals surface area contributed by atoms with Gasteiger partial charge in [-0.2, -0.15) is 0 Å². The molecule has 0 aromatic heterocycles. The van der Waals surface area contributed by atoms with Crippen LogP contribution in [0.25, 0.3) is 0 Å². The lowest BCUT2D eigenvalue weighted by molar-refractivity contribution is -0.330. The van der Waals surface area contributed by atoms with Crippen LogP contribution in [0.15, 0.2) is 23.8 Å². The fourth-order valence-corrected chi connectivity index (χ4v) is 15.0. The van der Waals surface area contributed by atoms with Crippen LogP contribution in [0, 0.1) is 50.7 Å². The third-order valence-electron chi connectivity index (χ3n) is 19.1. The first-order chi connectivity index (χ1) is 30.9. The minimum Gasteiger partial charge on any atom is -0.432 e. The molecule has 376 valence electrons. The second kappa shape index (κ2) is 18.2. The van der Waals surface area contributed by atoms with E-state index in [4.69, 9.17) is 28.4 Å². The molecule has 18 nitrogen and oxygen atoms in total. The van der Waals surface area contributed by atoms with Crippen LogP contribution in [0.2, 0.25) is 0 Å². The van der Waals surface area contributed by atoms with E-state index in [-0.39, 0.29) is 51.4 Å². The summed E-state index contributed by atoms with van der Waals surface area (Å²) < 4.78 is 35.4. The Balaban J connectivity index is 1.01. The summed E-state index contributed by atoms with van der Waals surface area (Å²) in [6, 6.07) is 0. The van der Waals surface area contributed by atoms with Crippen molar-refractivity contribution >= 4 is 5.97 Å². The van der Waals surface area contributed by atoms with Crippen LogP contribution in [0.3, 0.4) is 0 Å². The summed E-state index contributed by atoms with van der Waals surface area (Å²) in [4.78, 5) is 14.9. The van der Waals surface area contributed by atoms with E-state index in [1.165, 1.54) is 5.57 Å². The number of hydrogen-bond donors (Lipinski definition) is 11. The van der Waals surface area contributed by atoms with E-state index < -0.39 is 123 Å². The highest BCUT2D eigenvalue weighted by Gasteiger charge is 2.71. The maximum Gasteiger partial charge on any atom is 0.315 e. The summed E-state index contributed by atoms with van der Waals surface area (Å²) in [7, 11) is 0. The number of carbonyl (C=O) groups is 1. The Bertz CT molecular complexity index is 1830. The third-order valence-corrected chi connectivity index (χ3v) is 19.1. The number of ether oxygens (including phenoxy) is 6. The number of allylic oxidation sites excluding steroid dienone is 3. The summed E-state index contributed by atoms with van der Waals surface area (Å²) in [5.74, 6) is -0.378. The standard InChI is InChI=1S/C48H76O18/c1-21(2)22-10-15-48(43(60)66-42-39(59)36(56)33(53)26(64-42)20-61-40-37(57)34(54)31(51)24(18-49)62-40)17-16-46(6)23(30(22)48)8-9-28-45(5)13-12-29(44(3,4)27(45)11-14-47(28,46)7)65-41-38(58)35(55)32(52)25(19-50)63-41/h8,22,24-42,49-59H,1,9-20H2,2-7H3/t22?,24-,25-,26-,27?,28?,29?,30?,31-,32-,33-,34+,35-,36+,37-,38-,39-,40-,41+,42+,45?,46?,47?,48?/m1/s1. The van der Waals surface area contributed by atoms with Gasteiger partial charge >= 0.3 is 5.97 Å². The molecule has 18 heteroatoms. The maximum atomic E-state index is 14.9. The minimum absolute atomic E-state index is 0.0336. The number of fused-ring (bicyclic) bond motifs is 7. The van der Waals surface area contributed by atoms with E-state index in [1.807, 2.05) is 6.92 Å². The largest absolute Gasteiger partial charge is 0.432 e. The smallest absolute Gasteiger partial charge is 0.315 e. The molecule has 7 fully saturated rings. The van der Waals surface area contributed by atoms with Crippen LogP contribution in [0.1, 0.15) is 99.3 Å². The number of hydrogen-bond acceptors (Lipinski definition) is 18. The molecule has 3 aliphatic heterocycles. The van der Waals surface area contributed by atoms with Crippen LogP contribution < -0.4 is 0 Å². The molecule has 0 bridgehead atoms. The molecule has 0 amide bonds. The SMILES string of the molecule is C=C(C)C1CCC2(C(=O)O[C@@H]3O[C@H](CO[C@@H]4O[C@H](CO)[C@@H](O)[C@H](O)[C@H]4O)[C@@H](O)[C@H](O)[C@H]3O)CCC3(C)C(=CCC4C5(C)CCC(O[C@@H]6O[C@H](CO)[C@@H](O)[C@@H](O)[C@H]6O)C(C)(C)C5CCC43C)C12. The minimum atomic E-state index is -1.82. The van der Waals surface area contributed by atoms with E-state index in [0.717, 1.165) is 31.3 Å². The molecule has 8 rings (SSSR count). The maximum absolute atomic E-state index is 14.9. The van der Waals surface area contributed by atoms with Gasteiger partial charge in [0.2, 0.25) is 6.29 Å². The average molecular weight is 941 g/mol. The zero-order chi connectivity index (χ0) is 48.2. The summed E-state index contributed by atoms with van der Waals surface area (Å²) in [6.45, 7) is 16.2. The molecule has 9 unspecified atom stereocenters. The Labute approximate surface area is 386 Å². The molecule has 0 radical (unpaired) electrons. The Hall–Kier alpha value is -1.69. The molecule has 0 spiro atoms. The fourth-order valence-electron chi connectivity index (χ4n) is 15.0. The van der Waals surface area contributed by atoms with Crippen molar-refractivity contribution in [3.8, 4) is 0 Å². The van der Waals surface area contributed by atoms with Gasteiger partial charge in [0.15, 0.2) is 12.6 Å². The monoisotopic (exact) mass is 941 g/mol. The lowest BCUT2D eigenvalue weighted by atomic mass is 9.34. The number of rotatable bonds is 10. The normalized spacial score (nSPS) is 53.4. The van der Waals surface area contributed by atoms with Gasteiger partial charge in [-0.3, -0.25) is 4.79 Å². The van der Waals surface area contributed by atoms with Gasteiger partial charge < -0.3 is 84.6 Å². The van der Waals surface area contributed by atoms with E-state index in [0.29, 0.717) is 32.1 Å². The highest BCUT2D eigenvalue weighted by Crippen LogP contribution is 2.76. The molecular formula is C48H76O18. The predicted molar refractivity (Wildman–Crippen MR) is 230 cm³/mol. The third kappa shape index (κ3) is 7.71. The Kier molecular flexibility index (Phi) is 14.0. The molecule has 3 saturated heterocycles. The first-order valence-corrected chi connectivity index (χ1v) is 24.1. The number of carbonyl (C=O) groups excluding carboxylic acids is 1. The average Bonchev–Trinajstić information content (AvgIpc) is 3.68. The van der Waals surface area contributed by atoms with Gasteiger partial charge in [0, 0.05) is 5.92 Å². The van der Waals surface area contributed by atoms with Gasteiger partial charge in [-0.1, -0.05) is 58.4 Å². The van der Waals surface area contributed by atoms with Crippen LogP contribution >= 0.6 is 0 Å². The summed E-state index contributed by atoms with van der Waals surface area (Å²) in [5.41, 5.74) is 0.212. The zero-order valence-corrected chi connectivity index (χ0v) is 39.1. The van der Waals surface area contributed by atoms with Crippen LogP contribution in [0.4, 0.5) is 0 Å². The van der Waals surface area contributed by atoms with Crippen LogP contribution in [0.5, 0.6) is 0 Å². The van der Waals surface area contributed by atoms with Crippen molar-refractivity contribution in [2.45, 2.75) is 198 Å². The van der Waals surface area contributed by atoms with Gasteiger partial charge in [-0.25, -0.2) is 0 Å². The Morgan fingerprint density at radius 3 is 1.83 bits per heavy atom. The van der Waals surface area contributed by atoms with Gasteiger partial charge in [0.05, 0.1) is 31.3 Å². The Morgan fingerprint density at radius 2 is 1.23 bits per heavy atom. The van der Waals surface area contributed by atoms with Crippen molar-refractivity contribution in [1.82, 2.24) is 0 Å². The molecule has 3 heterocycles. The second-order valence-electron chi connectivity index (χ2n) is 22.6. The lowest BCUT2D eigenvalue weighted by Crippen LogP contribution is -2.66. The van der Waals surface area contributed by atoms with E-state index in [1.54, 1.807) is 0 Å². The van der Waals surface area contributed by atoms with Gasteiger partial charge in [0.1, 0.15) is 73.2 Å². The van der Waals surface area contributed by atoms with Crippen molar-refractivity contribution in [2.24, 2.45) is 50.7 Å². The molecule has 24 atom stereocenters. The first-order valence-electron chi connectivity index (χ1n) is 24.1. The van der Waals surface area contributed by atoms with Crippen molar-refractivity contribution in [3.63, 3.8) is 0 Å². The molecule has 4 saturated carbocycles. The van der Waals surface area contributed by atoms with Gasteiger partial charge in [-0.15, -0.1) is 0 Å². The van der Waals surface area contributed by atoms with Crippen molar-refractivity contribution in [3.05, 3.63) is 23.8 Å². The fraction of sp³-hybridized carbons (Fsp3) is 0.896. The molecule has 0 aromatic carbocycles. The van der Waals surface area contributed by atoms with Gasteiger partial charge in [0.25, 0.3) is 0 Å². The van der Waals surface area contributed by atoms with E-state index in [9.17, 15) is 61.0 Å². The number of aliphatic hydroxyl groups excluding tert-OH is 11. The molecule has 0 aromatic rings. The van der Waals surface area contributed by atoms with Crippen molar-refractivity contribution < 1.29 is 89.4 Å². The number of aliphatic hydroxyl groups is 11. The summed E-state index contributed by atoms with van der Waals surface area (Å²) >= 11 is 0. The zero-order valence-electron chi connectivity index (χ0n) is 39.1. The highest BCUT2D eigenvalue weighted by molar-refractivity contribution is 5.79. The highest BCUT2D eigenvalue weighted by atomic mass is 16.7. The van der Waals surface area contributed by atoms with Crippen LogP contribution in [-0.4, -0.2) is 180 Å². The summed E-state index contributed by atoms with van der Waals surface area (Å²) in [6.07, 6.45) is -14.5. The van der Waals surface area contributed by atoms with E-state index in [2.05, 4.69) is 47.3 Å². The molecule has 8 aliphatic rings. The first kappa shape index (κ1) is 50.7. The Morgan fingerprint density at radius 1 is 0.667 bits per heavy atom. The summed E-state index contributed by atoms with van der Waals surface area (Å²) in [5, 5.41) is 115. The van der Waals surface area contributed by atoms with E-state index >= 15 is 0 Å². The second-order valence-corrected chi connectivity index (χ2v) is 22.6. The number of esters is 1. The van der Waals surface area contributed by atoms with Gasteiger partial charge in [-0.05, 0) is 104 Å². The van der Waals surface area contributed by atoms with Crippen molar-refractivity contribution in [2.75, 3.05) is 19.8 Å².